The van der Waals surface area contributed by atoms with Crippen LogP contribution in [0.25, 0.3) is 0 Å². The molecule has 0 N–H and O–H groups in total. The molecule has 2 atom stereocenters. The number of nitrogens with zero attached hydrogens (tertiary/aromatic N) is 2. The van der Waals surface area contributed by atoms with Gasteiger partial charge in [-0.3, -0.25) is 9.88 Å². The number of fused-ring (bicyclic) bond motifs is 1. The van der Waals surface area contributed by atoms with Gasteiger partial charge in [-0.2, -0.15) is 0 Å². The highest BCUT2D eigenvalue weighted by molar-refractivity contribution is 5.88. The van der Waals surface area contributed by atoms with E-state index < -0.39 is 0 Å². The molecule has 1 aromatic rings. The number of pyridine rings is 1. The van der Waals surface area contributed by atoms with Gasteiger partial charge in [0.1, 0.15) is 0 Å². The molecule has 3 rings (SSSR count). The lowest BCUT2D eigenvalue weighted by molar-refractivity contribution is -0.0592. The molecule has 2 unspecified atom stereocenters. The lowest BCUT2D eigenvalue weighted by Crippen LogP contribution is -2.47. The molecule has 1 aliphatic heterocycles. The van der Waals surface area contributed by atoms with E-state index in [1.165, 1.54) is 26.4 Å². The number of rotatable bonds is 3. The summed E-state index contributed by atoms with van der Waals surface area (Å²) in [6.45, 7) is 2.59. The summed E-state index contributed by atoms with van der Waals surface area (Å²) in [6, 6.07) is 4.22. The summed E-state index contributed by atoms with van der Waals surface area (Å²) >= 11 is 0. The lowest BCUT2D eigenvalue weighted by Gasteiger charge is -2.37. The van der Waals surface area contributed by atoms with Gasteiger partial charge in [-0.1, -0.05) is 0 Å². The van der Waals surface area contributed by atoms with Gasteiger partial charge in [0.05, 0.1) is 31.1 Å². The highest BCUT2D eigenvalue weighted by Gasteiger charge is 2.35. The van der Waals surface area contributed by atoms with Gasteiger partial charge >= 0.3 is 5.97 Å². The van der Waals surface area contributed by atoms with E-state index in [-0.39, 0.29) is 5.97 Å². The van der Waals surface area contributed by atoms with E-state index in [2.05, 4.69) is 14.6 Å². The van der Waals surface area contributed by atoms with Crippen molar-refractivity contribution in [1.29, 1.82) is 0 Å². The second-order valence-corrected chi connectivity index (χ2v) is 5.41. The molecule has 20 heavy (non-hydrogen) atoms. The van der Waals surface area contributed by atoms with Gasteiger partial charge in [-0.05, 0) is 31.4 Å². The second kappa shape index (κ2) is 5.89. The zero-order chi connectivity index (χ0) is 13.9. The molecular formula is C15H20N2O3. The first-order valence-electron chi connectivity index (χ1n) is 7.17. The van der Waals surface area contributed by atoms with Gasteiger partial charge in [0, 0.05) is 25.3 Å². The van der Waals surface area contributed by atoms with E-state index in [4.69, 9.17) is 4.74 Å². The average molecular weight is 276 g/mol. The van der Waals surface area contributed by atoms with Crippen LogP contribution in [-0.4, -0.2) is 48.3 Å². The molecule has 0 amide bonds. The topological polar surface area (TPSA) is 51.7 Å². The first-order chi connectivity index (χ1) is 9.78. The molecule has 0 bridgehead atoms. The Labute approximate surface area is 118 Å². The summed E-state index contributed by atoms with van der Waals surface area (Å²) in [5.74, 6) is -0.341. The minimum Gasteiger partial charge on any atom is -0.465 e. The van der Waals surface area contributed by atoms with Crippen molar-refractivity contribution in [3.63, 3.8) is 0 Å². The van der Waals surface area contributed by atoms with Crippen LogP contribution in [0.2, 0.25) is 0 Å². The maximum atomic E-state index is 11.4. The number of ether oxygens (including phenoxy) is 2. The van der Waals surface area contributed by atoms with Crippen molar-refractivity contribution >= 4 is 5.97 Å². The van der Waals surface area contributed by atoms with E-state index in [9.17, 15) is 4.79 Å². The highest BCUT2D eigenvalue weighted by atomic mass is 16.5. The first kappa shape index (κ1) is 13.5. The third kappa shape index (κ3) is 2.69. The van der Waals surface area contributed by atoms with Crippen LogP contribution < -0.4 is 0 Å². The first-order valence-corrected chi connectivity index (χ1v) is 7.17. The summed E-state index contributed by atoms with van der Waals surface area (Å²) in [5.41, 5.74) is 1.49. The van der Waals surface area contributed by atoms with Crippen molar-refractivity contribution in [1.82, 2.24) is 9.88 Å². The summed E-state index contributed by atoms with van der Waals surface area (Å²) in [7, 11) is 1.38. The van der Waals surface area contributed by atoms with Crippen molar-refractivity contribution in [2.24, 2.45) is 0 Å². The molecular weight excluding hydrogens is 256 g/mol. The zero-order valence-corrected chi connectivity index (χ0v) is 11.7. The molecule has 108 valence electrons. The van der Waals surface area contributed by atoms with Gasteiger partial charge < -0.3 is 9.47 Å². The van der Waals surface area contributed by atoms with Crippen molar-refractivity contribution in [3.05, 3.63) is 29.6 Å². The van der Waals surface area contributed by atoms with Crippen LogP contribution in [0.4, 0.5) is 0 Å². The lowest BCUT2D eigenvalue weighted by atomic mass is 10.1. The second-order valence-electron chi connectivity index (χ2n) is 5.41. The van der Waals surface area contributed by atoms with Gasteiger partial charge in [0.2, 0.25) is 0 Å². The Bertz CT molecular complexity index is 475. The molecule has 0 spiro atoms. The largest absolute Gasteiger partial charge is 0.465 e. The maximum Gasteiger partial charge on any atom is 0.339 e. The van der Waals surface area contributed by atoms with Crippen molar-refractivity contribution in [2.45, 2.75) is 38.0 Å². The van der Waals surface area contributed by atoms with Gasteiger partial charge in [-0.25, -0.2) is 4.79 Å². The van der Waals surface area contributed by atoms with Crippen LogP contribution in [0.1, 0.15) is 35.3 Å². The minimum atomic E-state index is -0.341. The molecule has 5 nitrogen and oxygen atoms in total. The smallest absolute Gasteiger partial charge is 0.339 e. The summed E-state index contributed by atoms with van der Waals surface area (Å²) in [4.78, 5) is 18.2. The number of morpholine rings is 1. The standard InChI is InChI=1S/C15H20N2O3/c1-19-15(18)11-5-6-12(16-9-11)10-17-7-8-20-14-4-2-3-13(14)17/h5-6,9,13-14H,2-4,7-8,10H2,1H3. The Kier molecular flexibility index (Phi) is 3.98. The maximum absolute atomic E-state index is 11.4. The Balaban J connectivity index is 1.66. The van der Waals surface area contributed by atoms with E-state index in [1.54, 1.807) is 12.3 Å². The number of hydrogen-bond donors (Lipinski definition) is 0. The fraction of sp³-hybridized carbons (Fsp3) is 0.600. The Morgan fingerprint density at radius 3 is 3.15 bits per heavy atom. The summed E-state index contributed by atoms with van der Waals surface area (Å²) in [5, 5.41) is 0. The van der Waals surface area contributed by atoms with Crippen LogP contribution in [0.3, 0.4) is 0 Å². The van der Waals surface area contributed by atoms with Crippen molar-refractivity contribution in [3.8, 4) is 0 Å². The van der Waals surface area contributed by atoms with E-state index in [0.29, 0.717) is 17.7 Å². The Hall–Kier alpha value is -1.46. The molecule has 1 aromatic heterocycles. The molecule has 1 aliphatic carbocycles. The average Bonchev–Trinajstić information content (AvgIpc) is 2.97. The Morgan fingerprint density at radius 1 is 1.50 bits per heavy atom. The van der Waals surface area contributed by atoms with Gasteiger partial charge in [-0.15, -0.1) is 0 Å². The third-order valence-corrected chi connectivity index (χ3v) is 4.21. The molecule has 1 saturated carbocycles. The molecule has 2 heterocycles. The zero-order valence-electron chi connectivity index (χ0n) is 11.7. The number of methoxy groups -OCH3 is 1. The van der Waals surface area contributed by atoms with Crippen LogP contribution >= 0.6 is 0 Å². The Morgan fingerprint density at radius 2 is 2.40 bits per heavy atom. The van der Waals surface area contributed by atoms with Gasteiger partial charge in [0.15, 0.2) is 0 Å². The quantitative estimate of drug-likeness (QED) is 0.785. The predicted octanol–water partition coefficient (Wildman–Crippen LogP) is 1.62. The number of carbonyl (C=O) groups is 1. The fourth-order valence-corrected chi connectivity index (χ4v) is 3.17. The minimum absolute atomic E-state index is 0.341. The molecule has 2 fully saturated rings. The van der Waals surface area contributed by atoms with Crippen LogP contribution in [0.15, 0.2) is 18.3 Å². The number of hydrogen-bond acceptors (Lipinski definition) is 5. The van der Waals surface area contributed by atoms with Crippen LogP contribution in [0.5, 0.6) is 0 Å². The molecule has 0 aromatic carbocycles. The summed E-state index contributed by atoms with van der Waals surface area (Å²) in [6.07, 6.45) is 5.63. The molecule has 2 aliphatic rings. The highest BCUT2D eigenvalue weighted by Crippen LogP contribution is 2.30. The summed E-state index contributed by atoms with van der Waals surface area (Å²) < 4.78 is 10.5. The van der Waals surface area contributed by atoms with E-state index in [1.807, 2.05) is 6.07 Å². The fourth-order valence-electron chi connectivity index (χ4n) is 3.17. The predicted molar refractivity (Wildman–Crippen MR) is 73.4 cm³/mol. The van der Waals surface area contributed by atoms with Crippen molar-refractivity contribution in [2.75, 3.05) is 20.3 Å². The van der Waals surface area contributed by atoms with Crippen LogP contribution in [-0.2, 0) is 16.0 Å². The number of carbonyl (C=O) groups excluding carboxylic acids is 1. The van der Waals surface area contributed by atoms with E-state index >= 15 is 0 Å². The monoisotopic (exact) mass is 276 g/mol. The van der Waals surface area contributed by atoms with Gasteiger partial charge in [0.25, 0.3) is 0 Å². The third-order valence-electron chi connectivity index (χ3n) is 4.21. The SMILES string of the molecule is COC(=O)c1ccc(CN2CCOC3CCCC32)nc1. The van der Waals surface area contributed by atoms with Crippen molar-refractivity contribution < 1.29 is 14.3 Å². The molecule has 1 saturated heterocycles. The molecule has 0 radical (unpaired) electrons. The normalized spacial score (nSPS) is 26.2. The number of esters is 1. The molecule has 5 heteroatoms. The van der Waals surface area contributed by atoms with E-state index in [0.717, 1.165) is 25.4 Å². The number of aromatic nitrogens is 1. The van der Waals surface area contributed by atoms with Crippen LogP contribution in [0, 0.1) is 0 Å².